The zero-order valence-electron chi connectivity index (χ0n) is 24.8. The molecule has 4 aliphatic rings. The third-order valence-electron chi connectivity index (χ3n) is 6.92. The van der Waals surface area contributed by atoms with Crippen LogP contribution in [-0.4, -0.2) is 14.2 Å². The Hall–Kier alpha value is -2.38. The maximum atomic E-state index is 4.25. The molecule has 4 aliphatic carbocycles. The summed E-state index contributed by atoms with van der Waals surface area (Å²) in [6.45, 7) is 11.4. The van der Waals surface area contributed by atoms with E-state index in [4.69, 9.17) is 0 Å². The number of methoxy groups -OCH3 is 1. The molecule has 4 saturated carbocycles. The highest BCUT2D eigenvalue weighted by molar-refractivity contribution is 5.11. The molecule has 0 aromatic heterocycles. The molecule has 0 spiro atoms. The zero-order valence-corrected chi connectivity index (χ0v) is 24.8. The summed E-state index contributed by atoms with van der Waals surface area (Å²) in [7, 11) is 3.25. The summed E-state index contributed by atoms with van der Waals surface area (Å²) >= 11 is 0. The van der Waals surface area contributed by atoms with Crippen molar-refractivity contribution in [3.8, 4) is 0 Å². The largest absolute Gasteiger partial charge is 0.388 e. The molecule has 37 heavy (non-hydrogen) atoms. The van der Waals surface area contributed by atoms with E-state index in [9.17, 15) is 0 Å². The fourth-order valence-corrected chi connectivity index (χ4v) is 6.53. The summed E-state index contributed by atoms with van der Waals surface area (Å²) in [5.74, 6) is 2.22. The van der Waals surface area contributed by atoms with Gasteiger partial charge >= 0.3 is 0 Å². The van der Waals surface area contributed by atoms with Crippen molar-refractivity contribution in [3.63, 3.8) is 0 Å². The third-order valence-corrected chi connectivity index (χ3v) is 6.92. The minimum absolute atomic E-state index is 0.763. The van der Waals surface area contributed by atoms with Gasteiger partial charge in [0.1, 0.15) is 0 Å². The van der Waals surface area contributed by atoms with Crippen LogP contribution in [-0.2, 0) is 4.74 Å². The molecule has 3 aromatic rings. The van der Waals surface area contributed by atoms with Gasteiger partial charge < -0.3 is 4.74 Å². The standard InChI is InChI=1S/C12H20.C7H8.2C6H6.C3H8.C2H6O/c1-11-4-9-3-10(5-11)7-12(2,6-9)8-11;1-7-5-3-2-4-6-7;2*1-2-4-6-5-3-1;2*1-3-2/h9-10H,3-8H2,1-2H3;2-6H,1H3;2*1-6H;3H2,1-2H3;1-2H3. The van der Waals surface area contributed by atoms with E-state index in [-0.39, 0.29) is 0 Å². The van der Waals surface area contributed by atoms with Crippen LogP contribution in [0.1, 0.15) is 78.2 Å². The van der Waals surface area contributed by atoms with E-state index in [1.807, 2.05) is 91.0 Å². The van der Waals surface area contributed by atoms with Crippen molar-refractivity contribution in [2.45, 2.75) is 79.6 Å². The lowest BCUT2D eigenvalue weighted by atomic mass is 9.45. The van der Waals surface area contributed by atoms with E-state index in [1.165, 1.54) is 18.4 Å². The SMILES string of the molecule is CC12CC3CC(C1)CC(C)(C3)C2.CCC.COC.Cc1ccccc1.c1ccccc1.c1ccccc1. The van der Waals surface area contributed by atoms with Gasteiger partial charge in [-0.3, -0.25) is 0 Å². The van der Waals surface area contributed by atoms with Gasteiger partial charge in [0.15, 0.2) is 0 Å². The van der Waals surface area contributed by atoms with E-state index >= 15 is 0 Å². The van der Waals surface area contributed by atoms with Crippen molar-refractivity contribution >= 4 is 0 Å². The predicted molar refractivity (Wildman–Crippen MR) is 164 cm³/mol. The number of rotatable bonds is 0. The lowest BCUT2D eigenvalue weighted by Crippen LogP contribution is -2.49. The maximum Gasteiger partial charge on any atom is 0.0351 e. The Morgan fingerprint density at radius 2 is 0.838 bits per heavy atom. The molecule has 4 fully saturated rings. The lowest BCUT2D eigenvalue weighted by Gasteiger charge is -2.60. The van der Waals surface area contributed by atoms with Gasteiger partial charge in [0, 0.05) is 14.2 Å². The summed E-state index contributed by atoms with van der Waals surface area (Å²) in [4.78, 5) is 0. The van der Waals surface area contributed by atoms with Gasteiger partial charge in [-0.15, -0.1) is 0 Å². The highest BCUT2D eigenvalue weighted by atomic mass is 16.4. The predicted octanol–water partition coefficient (Wildman–Crippen LogP) is 10.7. The number of aryl methyl sites for hydroxylation is 1. The molecule has 4 bridgehead atoms. The van der Waals surface area contributed by atoms with Crippen LogP contribution in [0.2, 0.25) is 0 Å². The number of hydrogen-bond acceptors (Lipinski definition) is 1. The topological polar surface area (TPSA) is 9.23 Å². The van der Waals surface area contributed by atoms with E-state index < -0.39 is 0 Å². The molecule has 0 N–H and O–H groups in total. The fraction of sp³-hybridized carbons (Fsp3) is 0.500. The lowest BCUT2D eigenvalue weighted by molar-refractivity contribution is -0.0920. The van der Waals surface area contributed by atoms with Crippen LogP contribution in [0.25, 0.3) is 0 Å². The van der Waals surface area contributed by atoms with E-state index in [0.29, 0.717) is 0 Å². The maximum absolute atomic E-state index is 4.25. The van der Waals surface area contributed by atoms with Gasteiger partial charge in [-0.1, -0.05) is 143 Å². The molecule has 0 heterocycles. The normalized spacial score (nSPS) is 25.5. The van der Waals surface area contributed by atoms with Crippen molar-refractivity contribution in [2.75, 3.05) is 14.2 Å². The van der Waals surface area contributed by atoms with Crippen molar-refractivity contribution in [2.24, 2.45) is 22.7 Å². The number of ether oxygens (including phenoxy) is 1. The first-order chi connectivity index (χ1) is 17.8. The second-order valence-corrected chi connectivity index (χ2v) is 11.7. The van der Waals surface area contributed by atoms with Gasteiger partial charge in [-0.2, -0.15) is 0 Å². The van der Waals surface area contributed by atoms with Crippen LogP contribution in [0.15, 0.2) is 103 Å². The second-order valence-electron chi connectivity index (χ2n) is 11.7. The van der Waals surface area contributed by atoms with Crippen LogP contribution in [0.3, 0.4) is 0 Å². The summed E-state index contributed by atoms with van der Waals surface area (Å²) in [6.07, 6.45) is 10.6. The molecule has 204 valence electrons. The molecule has 3 aromatic carbocycles. The molecule has 1 heteroatoms. The molecule has 0 radical (unpaired) electrons. The van der Waals surface area contributed by atoms with Gasteiger partial charge in [0.2, 0.25) is 0 Å². The Morgan fingerprint density at radius 3 is 1.03 bits per heavy atom. The highest BCUT2D eigenvalue weighted by Gasteiger charge is 2.53. The van der Waals surface area contributed by atoms with E-state index in [2.05, 4.69) is 51.5 Å². The van der Waals surface area contributed by atoms with Gasteiger partial charge in [-0.05, 0) is 68.1 Å². The van der Waals surface area contributed by atoms with Crippen molar-refractivity contribution in [3.05, 3.63) is 109 Å². The second kappa shape index (κ2) is 18.8. The summed E-state index contributed by atoms with van der Waals surface area (Å²) in [5, 5.41) is 0. The molecule has 0 saturated heterocycles. The Bertz CT molecular complexity index is 753. The average Bonchev–Trinajstić information content (AvgIpc) is 2.87. The van der Waals surface area contributed by atoms with Gasteiger partial charge in [0.05, 0.1) is 0 Å². The van der Waals surface area contributed by atoms with E-state index in [1.54, 1.807) is 46.3 Å². The van der Waals surface area contributed by atoms with Crippen LogP contribution in [0, 0.1) is 29.6 Å². The molecule has 0 amide bonds. The third kappa shape index (κ3) is 14.8. The van der Waals surface area contributed by atoms with Crippen molar-refractivity contribution in [1.82, 2.24) is 0 Å². The monoisotopic (exact) mass is 502 g/mol. The Labute approximate surface area is 229 Å². The smallest absolute Gasteiger partial charge is 0.0351 e. The Balaban J connectivity index is 0.000000240. The molecule has 0 unspecified atom stereocenters. The minimum Gasteiger partial charge on any atom is -0.388 e. The first-order valence-corrected chi connectivity index (χ1v) is 14.2. The van der Waals surface area contributed by atoms with Gasteiger partial charge in [-0.25, -0.2) is 0 Å². The minimum atomic E-state index is 0.763. The quantitative estimate of drug-likeness (QED) is 0.297. The summed E-state index contributed by atoms with van der Waals surface area (Å²) in [6, 6.07) is 34.3. The molecular formula is C36H54O. The van der Waals surface area contributed by atoms with Crippen LogP contribution in [0.5, 0.6) is 0 Å². The van der Waals surface area contributed by atoms with Crippen LogP contribution >= 0.6 is 0 Å². The van der Waals surface area contributed by atoms with Crippen molar-refractivity contribution < 1.29 is 4.74 Å². The number of hydrogen-bond donors (Lipinski definition) is 0. The molecule has 0 aliphatic heterocycles. The average molecular weight is 503 g/mol. The zero-order chi connectivity index (χ0) is 27.4. The molecule has 0 atom stereocenters. The molecule has 7 rings (SSSR count). The van der Waals surface area contributed by atoms with Crippen LogP contribution in [0.4, 0.5) is 0 Å². The van der Waals surface area contributed by atoms with Crippen molar-refractivity contribution in [1.29, 1.82) is 0 Å². The molecule has 1 nitrogen and oxygen atoms in total. The fourth-order valence-electron chi connectivity index (χ4n) is 6.53. The van der Waals surface area contributed by atoms with E-state index in [0.717, 1.165) is 22.7 Å². The summed E-state index contributed by atoms with van der Waals surface area (Å²) in [5.41, 5.74) is 2.85. The number of benzene rings is 3. The summed E-state index contributed by atoms with van der Waals surface area (Å²) < 4.78 is 4.25. The Kier molecular flexibility index (Phi) is 16.6. The highest BCUT2D eigenvalue weighted by Crippen LogP contribution is 2.64. The molecular weight excluding hydrogens is 448 g/mol. The Morgan fingerprint density at radius 1 is 0.595 bits per heavy atom. The van der Waals surface area contributed by atoms with Crippen LogP contribution < -0.4 is 0 Å². The van der Waals surface area contributed by atoms with Gasteiger partial charge in [0.25, 0.3) is 0 Å². The first-order valence-electron chi connectivity index (χ1n) is 14.2. The first kappa shape index (κ1) is 32.6.